The molecule has 0 radical (unpaired) electrons. The third-order valence-corrected chi connectivity index (χ3v) is 3.31. The summed E-state index contributed by atoms with van der Waals surface area (Å²) in [5.74, 6) is 1.58. The SMILES string of the molecule is COc1ccc(-c2cc(-c3ccccc3C)no2)cc1. The lowest BCUT2D eigenvalue weighted by molar-refractivity contribution is 0.414. The van der Waals surface area contributed by atoms with Gasteiger partial charge < -0.3 is 9.26 Å². The fraction of sp³-hybridized carbons (Fsp3) is 0.118. The number of hydrogen-bond acceptors (Lipinski definition) is 3. The molecule has 3 nitrogen and oxygen atoms in total. The Hall–Kier alpha value is -2.55. The van der Waals surface area contributed by atoms with Gasteiger partial charge >= 0.3 is 0 Å². The average Bonchev–Trinajstić information content (AvgIpc) is 2.97. The van der Waals surface area contributed by atoms with Crippen LogP contribution < -0.4 is 4.74 Å². The molecule has 1 aromatic heterocycles. The Balaban J connectivity index is 1.95. The number of benzene rings is 2. The molecule has 0 aliphatic heterocycles. The Kier molecular flexibility index (Phi) is 3.25. The first-order valence-corrected chi connectivity index (χ1v) is 6.45. The van der Waals surface area contributed by atoms with Crippen LogP contribution >= 0.6 is 0 Å². The predicted octanol–water partition coefficient (Wildman–Crippen LogP) is 4.33. The Bertz CT molecular complexity index is 714. The van der Waals surface area contributed by atoms with Gasteiger partial charge in [-0.25, -0.2) is 0 Å². The largest absolute Gasteiger partial charge is 0.497 e. The van der Waals surface area contributed by atoms with Crippen LogP contribution in [0.15, 0.2) is 59.1 Å². The van der Waals surface area contributed by atoms with Crippen LogP contribution in [0, 0.1) is 6.92 Å². The number of aromatic nitrogens is 1. The van der Waals surface area contributed by atoms with Crippen LogP contribution in [0.5, 0.6) is 5.75 Å². The third kappa shape index (κ3) is 2.30. The minimum Gasteiger partial charge on any atom is -0.497 e. The highest BCUT2D eigenvalue weighted by Crippen LogP contribution is 2.28. The summed E-state index contributed by atoms with van der Waals surface area (Å²) in [4.78, 5) is 0. The van der Waals surface area contributed by atoms with E-state index >= 15 is 0 Å². The molecule has 0 fully saturated rings. The van der Waals surface area contributed by atoms with Gasteiger partial charge in [0, 0.05) is 17.2 Å². The van der Waals surface area contributed by atoms with Gasteiger partial charge in [0.1, 0.15) is 11.4 Å². The Morgan fingerprint density at radius 1 is 1.00 bits per heavy atom. The van der Waals surface area contributed by atoms with Crippen molar-refractivity contribution in [3.05, 3.63) is 60.2 Å². The smallest absolute Gasteiger partial charge is 0.167 e. The molecule has 1 heterocycles. The van der Waals surface area contributed by atoms with E-state index in [-0.39, 0.29) is 0 Å². The van der Waals surface area contributed by atoms with Gasteiger partial charge in [0.15, 0.2) is 5.76 Å². The van der Waals surface area contributed by atoms with Crippen molar-refractivity contribution >= 4 is 0 Å². The van der Waals surface area contributed by atoms with E-state index in [1.165, 1.54) is 5.56 Å². The van der Waals surface area contributed by atoms with Gasteiger partial charge in [-0.1, -0.05) is 29.4 Å². The maximum absolute atomic E-state index is 5.44. The van der Waals surface area contributed by atoms with Crippen LogP contribution in [0.2, 0.25) is 0 Å². The molecule has 3 rings (SSSR count). The van der Waals surface area contributed by atoms with E-state index < -0.39 is 0 Å². The molecule has 0 atom stereocenters. The summed E-state index contributed by atoms with van der Waals surface area (Å²) < 4.78 is 10.6. The summed E-state index contributed by atoms with van der Waals surface area (Å²) in [6.07, 6.45) is 0. The second-order valence-electron chi connectivity index (χ2n) is 4.62. The van der Waals surface area contributed by atoms with Gasteiger partial charge in [-0.2, -0.15) is 0 Å². The van der Waals surface area contributed by atoms with E-state index in [1.54, 1.807) is 7.11 Å². The molecule has 0 unspecified atom stereocenters. The number of nitrogens with zero attached hydrogens (tertiary/aromatic N) is 1. The number of hydrogen-bond donors (Lipinski definition) is 0. The maximum atomic E-state index is 5.44. The summed E-state index contributed by atoms with van der Waals surface area (Å²) in [6.45, 7) is 2.07. The zero-order valence-corrected chi connectivity index (χ0v) is 11.5. The Labute approximate surface area is 117 Å². The molecule has 2 aromatic carbocycles. The van der Waals surface area contributed by atoms with Crippen molar-refractivity contribution in [2.75, 3.05) is 7.11 Å². The fourth-order valence-corrected chi connectivity index (χ4v) is 2.15. The predicted molar refractivity (Wildman–Crippen MR) is 78.7 cm³/mol. The van der Waals surface area contributed by atoms with Gasteiger partial charge in [-0.15, -0.1) is 0 Å². The lowest BCUT2D eigenvalue weighted by Crippen LogP contribution is -1.82. The second-order valence-corrected chi connectivity index (χ2v) is 4.62. The van der Waals surface area contributed by atoms with E-state index in [4.69, 9.17) is 9.26 Å². The molecule has 0 N–H and O–H groups in total. The highest BCUT2D eigenvalue weighted by atomic mass is 16.5. The molecule has 3 aromatic rings. The van der Waals surface area contributed by atoms with E-state index in [9.17, 15) is 0 Å². The summed E-state index contributed by atoms with van der Waals surface area (Å²) >= 11 is 0. The van der Waals surface area contributed by atoms with Crippen LogP contribution in [0.25, 0.3) is 22.6 Å². The fourth-order valence-electron chi connectivity index (χ4n) is 2.15. The van der Waals surface area contributed by atoms with Gasteiger partial charge in [0.25, 0.3) is 0 Å². The Morgan fingerprint density at radius 3 is 2.45 bits per heavy atom. The van der Waals surface area contributed by atoms with E-state index in [0.29, 0.717) is 0 Å². The van der Waals surface area contributed by atoms with Crippen LogP contribution in [0.1, 0.15) is 5.56 Å². The number of rotatable bonds is 3. The monoisotopic (exact) mass is 265 g/mol. The number of aryl methyl sites for hydroxylation is 1. The highest BCUT2D eigenvalue weighted by Gasteiger charge is 2.10. The van der Waals surface area contributed by atoms with E-state index in [0.717, 1.165) is 28.3 Å². The molecule has 0 saturated carbocycles. The minimum atomic E-state index is 0.755. The van der Waals surface area contributed by atoms with E-state index in [2.05, 4.69) is 18.1 Å². The van der Waals surface area contributed by atoms with Gasteiger partial charge in [-0.3, -0.25) is 0 Å². The average molecular weight is 265 g/mol. The summed E-state index contributed by atoms with van der Waals surface area (Å²) in [5, 5.41) is 4.16. The molecule has 0 spiro atoms. The molecule has 0 amide bonds. The zero-order chi connectivity index (χ0) is 13.9. The highest BCUT2D eigenvalue weighted by molar-refractivity contribution is 5.69. The first-order chi connectivity index (χ1) is 9.78. The van der Waals surface area contributed by atoms with Crippen molar-refractivity contribution in [1.82, 2.24) is 5.16 Å². The molecular formula is C17H15NO2. The lowest BCUT2D eigenvalue weighted by atomic mass is 10.0. The van der Waals surface area contributed by atoms with E-state index in [1.807, 2.05) is 48.5 Å². The van der Waals surface area contributed by atoms with Gasteiger partial charge in [0.05, 0.1) is 7.11 Å². The third-order valence-electron chi connectivity index (χ3n) is 3.31. The quantitative estimate of drug-likeness (QED) is 0.707. The van der Waals surface area contributed by atoms with Crippen molar-refractivity contribution < 1.29 is 9.26 Å². The molecule has 0 aliphatic rings. The molecule has 3 heteroatoms. The molecule has 0 bridgehead atoms. The molecule has 100 valence electrons. The van der Waals surface area contributed by atoms with Gasteiger partial charge in [-0.05, 0) is 36.8 Å². The van der Waals surface area contributed by atoms with Crippen molar-refractivity contribution in [1.29, 1.82) is 0 Å². The van der Waals surface area contributed by atoms with Crippen molar-refractivity contribution in [3.63, 3.8) is 0 Å². The Morgan fingerprint density at radius 2 is 1.75 bits per heavy atom. The standard InChI is InChI=1S/C17H15NO2/c1-12-5-3-4-6-15(12)16-11-17(20-18-16)13-7-9-14(19-2)10-8-13/h3-11H,1-2H3. The van der Waals surface area contributed by atoms with Crippen LogP contribution in [-0.4, -0.2) is 12.3 Å². The molecular weight excluding hydrogens is 250 g/mol. The topological polar surface area (TPSA) is 35.3 Å². The van der Waals surface area contributed by atoms with Crippen LogP contribution in [0.3, 0.4) is 0 Å². The normalized spacial score (nSPS) is 10.5. The van der Waals surface area contributed by atoms with Crippen LogP contribution in [-0.2, 0) is 0 Å². The second kappa shape index (κ2) is 5.21. The summed E-state index contributed by atoms with van der Waals surface area (Å²) in [5.41, 5.74) is 4.12. The lowest BCUT2D eigenvalue weighted by Gasteiger charge is -2.00. The molecule has 0 saturated heterocycles. The van der Waals surface area contributed by atoms with Crippen molar-refractivity contribution in [2.45, 2.75) is 6.92 Å². The zero-order valence-electron chi connectivity index (χ0n) is 11.5. The molecule has 0 aliphatic carbocycles. The molecule has 20 heavy (non-hydrogen) atoms. The number of methoxy groups -OCH3 is 1. The number of ether oxygens (including phenoxy) is 1. The van der Waals surface area contributed by atoms with Crippen LogP contribution in [0.4, 0.5) is 0 Å². The van der Waals surface area contributed by atoms with Gasteiger partial charge in [0.2, 0.25) is 0 Å². The first kappa shape index (κ1) is 12.5. The maximum Gasteiger partial charge on any atom is 0.167 e. The summed E-state index contributed by atoms with van der Waals surface area (Å²) in [7, 11) is 1.65. The van der Waals surface area contributed by atoms with Crippen molar-refractivity contribution in [3.8, 4) is 28.3 Å². The minimum absolute atomic E-state index is 0.755. The first-order valence-electron chi connectivity index (χ1n) is 6.45. The van der Waals surface area contributed by atoms with Crippen molar-refractivity contribution in [2.24, 2.45) is 0 Å². The summed E-state index contributed by atoms with van der Waals surface area (Å²) in [6, 6.07) is 17.8.